The fraction of sp³-hybridized carbons (Fsp3) is 0.333. The van der Waals surface area contributed by atoms with Crippen molar-refractivity contribution in [1.82, 2.24) is 19.7 Å². The van der Waals surface area contributed by atoms with Crippen LogP contribution in [0.15, 0.2) is 36.7 Å². The van der Waals surface area contributed by atoms with Gasteiger partial charge >= 0.3 is 0 Å². The molecule has 1 aromatic carbocycles. The van der Waals surface area contributed by atoms with Crippen LogP contribution in [0, 0.1) is 18.3 Å². The van der Waals surface area contributed by atoms with E-state index in [1.807, 2.05) is 0 Å². The maximum absolute atomic E-state index is 9.95. The van der Waals surface area contributed by atoms with Gasteiger partial charge in [-0.2, -0.15) is 20.3 Å². The van der Waals surface area contributed by atoms with Crippen molar-refractivity contribution < 1.29 is 14.6 Å². The van der Waals surface area contributed by atoms with Gasteiger partial charge in [0.15, 0.2) is 5.75 Å². The monoisotopic (exact) mass is 406 g/mol. The van der Waals surface area contributed by atoms with E-state index in [1.54, 1.807) is 48.3 Å². The SMILES string of the molecule is Cc1nc(Oc2cc(C#N)ccc2-n2cc(C(O)CN)cn2)cc(OC2CCC2)n1. The molecule has 1 fully saturated rings. The second-order valence-electron chi connectivity index (χ2n) is 7.13. The number of hydrogen-bond donors (Lipinski definition) is 2. The normalized spacial score (nSPS) is 14.6. The van der Waals surface area contributed by atoms with Crippen molar-refractivity contribution >= 4 is 0 Å². The maximum Gasteiger partial charge on any atom is 0.226 e. The highest BCUT2D eigenvalue weighted by atomic mass is 16.5. The Morgan fingerprint density at radius 1 is 1.30 bits per heavy atom. The van der Waals surface area contributed by atoms with Crippen molar-refractivity contribution in [3.8, 4) is 29.3 Å². The minimum absolute atomic E-state index is 0.0897. The minimum Gasteiger partial charge on any atom is -0.474 e. The van der Waals surface area contributed by atoms with Gasteiger partial charge in [-0.25, -0.2) is 4.68 Å². The first-order valence-electron chi connectivity index (χ1n) is 9.73. The zero-order valence-electron chi connectivity index (χ0n) is 16.5. The predicted molar refractivity (Wildman–Crippen MR) is 107 cm³/mol. The summed E-state index contributed by atoms with van der Waals surface area (Å²) in [7, 11) is 0. The molecule has 154 valence electrons. The van der Waals surface area contributed by atoms with Crippen LogP contribution >= 0.6 is 0 Å². The predicted octanol–water partition coefficient (Wildman–Crippen LogP) is 2.56. The summed E-state index contributed by atoms with van der Waals surface area (Å²) < 4.78 is 13.5. The van der Waals surface area contributed by atoms with Crippen LogP contribution in [-0.4, -0.2) is 37.5 Å². The van der Waals surface area contributed by atoms with Gasteiger partial charge in [-0.15, -0.1) is 0 Å². The number of nitriles is 1. The van der Waals surface area contributed by atoms with Gasteiger partial charge in [0.1, 0.15) is 17.6 Å². The Balaban J connectivity index is 1.66. The van der Waals surface area contributed by atoms with Crippen LogP contribution in [-0.2, 0) is 0 Å². The average Bonchev–Trinajstić information content (AvgIpc) is 3.19. The van der Waals surface area contributed by atoms with E-state index in [0.717, 1.165) is 19.3 Å². The number of ether oxygens (including phenoxy) is 2. The Morgan fingerprint density at radius 3 is 2.80 bits per heavy atom. The Bertz CT molecular complexity index is 1090. The Hall–Kier alpha value is -3.48. The second kappa shape index (κ2) is 8.49. The van der Waals surface area contributed by atoms with Crippen molar-refractivity contribution in [3.63, 3.8) is 0 Å². The number of aliphatic hydroxyl groups excluding tert-OH is 1. The van der Waals surface area contributed by atoms with E-state index < -0.39 is 6.10 Å². The molecule has 2 aromatic heterocycles. The molecule has 0 bridgehead atoms. The van der Waals surface area contributed by atoms with Gasteiger partial charge in [0.25, 0.3) is 0 Å². The van der Waals surface area contributed by atoms with Crippen LogP contribution in [0.4, 0.5) is 0 Å². The third kappa shape index (κ3) is 4.25. The van der Waals surface area contributed by atoms with Gasteiger partial charge in [0, 0.05) is 24.4 Å². The molecule has 2 heterocycles. The van der Waals surface area contributed by atoms with Crippen molar-refractivity contribution in [2.75, 3.05) is 6.54 Å². The third-order valence-electron chi connectivity index (χ3n) is 4.89. The summed E-state index contributed by atoms with van der Waals surface area (Å²) in [5, 5.41) is 23.5. The molecular weight excluding hydrogens is 384 g/mol. The summed E-state index contributed by atoms with van der Waals surface area (Å²) in [4.78, 5) is 8.66. The number of benzene rings is 1. The quantitative estimate of drug-likeness (QED) is 0.612. The molecule has 1 atom stereocenters. The van der Waals surface area contributed by atoms with E-state index in [-0.39, 0.29) is 12.6 Å². The number of nitrogens with two attached hydrogens (primary N) is 1. The van der Waals surface area contributed by atoms with Gasteiger partial charge in [-0.1, -0.05) is 0 Å². The van der Waals surface area contributed by atoms with Crippen LogP contribution in [0.2, 0.25) is 0 Å². The van der Waals surface area contributed by atoms with E-state index in [0.29, 0.717) is 40.1 Å². The first kappa shape index (κ1) is 19.8. The van der Waals surface area contributed by atoms with E-state index >= 15 is 0 Å². The van der Waals surface area contributed by atoms with Crippen molar-refractivity contribution in [1.29, 1.82) is 5.26 Å². The van der Waals surface area contributed by atoms with E-state index in [1.165, 1.54) is 0 Å². The van der Waals surface area contributed by atoms with Gasteiger partial charge in [0.05, 0.1) is 30.0 Å². The van der Waals surface area contributed by atoms with Crippen LogP contribution in [0.3, 0.4) is 0 Å². The molecule has 0 radical (unpaired) electrons. The number of nitrogens with zero attached hydrogens (tertiary/aromatic N) is 5. The van der Waals surface area contributed by atoms with Gasteiger partial charge in [-0.05, 0) is 38.3 Å². The molecule has 1 unspecified atom stereocenters. The van der Waals surface area contributed by atoms with Crippen LogP contribution < -0.4 is 15.2 Å². The number of aromatic nitrogens is 4. The summed E-state index contributed by atoms with van der Waals surface area (Å²) in [5.74, 6) is 1.68. The van der Waals surface area contributed by atoms with Crippen molar-refractivity contribution in [2.45, 2.75) is 38.4 Å². The summed E-state index contributed by atoms with van der Waals surface area (Å²) >= 11 is 0. The molecular formula is C21H22N6O3. The number of aliphatic hydroxyl groups is 1. The first-order valence-corrected chi connectivity index (χ1v) is 9.73. The molecule has 9 nitrogen and oxygen atoms in total. The highest BCUT2D eigenvalue weighted by molar-refractivity contribution is 5.52. The Kier molecular flexibility index (Phi) is 5.61. The van der Waals surface area contributed by atoms with Crippen molar-refractivity contribution in [3.05, 3.63) is 53.6 Å². The molecule has 3 aromatic rings. The summed E-state index contributed by atoms with van der Waals surface area (Å²) in [6.45, 7) is 1.85. The maximum atomic E-state index is 9.95. The summed E-state index contributed by atoms with van der Waals surface area (Å²) in [6.07, 6.45) is 5.78. The number of aryl methyl sites for hydroxylation is 1. The molecule has 30 heavy (non-hydrogen) atoms. The molecule has 4 rings (SSSR count). The third-order valence-corrected chi connectivity index (χ3v) is 4.89. The van der Waals surface area contributed by atoms with E-state index in [4.69, 9.17) is 15.2 Å². The molecule has 0 amide bonds. The van der Waals surface area contributed by atoms with Gasteiger partial charge in [0.2, 0.25) is 11.8 Å². The summed E-state index contributed by atoms with van der Waals surface area (Å²) in [5.41, 5.74) is 7.13. The lowest BCUT2D eigenvalue weighted by Crippen LogP contribution is -2.25. The molecule has 0 spiro atoms. The first-order chi connectivity index (χ1) is 14.6. The molecule has 3 N–H and O–H groups in total. The van der Waals surface area contributed by atoms with Crippen LogP contribution in [0.1, 0.15) is 42.3 Å². The molecule has 9 heteroatoms. The van der Waals surface area contributed by atoms with Gasteiger partial charge in [-0.3, -0.25) is 0 Å². The zero-order chi connectivity index (χ0) is 21.1. The lowest BCUT2D eigenvalue weighted by molar-refractivity contribution is 0.114. The lowest BCUT2D eigenvalue weighted by Gasteiger charge is -2.25. The Morgan fingerprint density at radius 2 is 2.10 bits per heavy atom. The lowest BCUT2D eigenvalue weighted by atomic mass is 9.96. The van der Waals surface area contributed by atoms with E-state index in [2.05, 4.69) is 21.1 Å². The number of rotatable bonds is 7. The average molecular weight is 406 g/mol. The Labute approximate surface area is 173 Å². The fourth-order valence-corrected chi connectivity index (χ4v) is 3.03. The van der Waals surface area contributed by atoms with Crippen LogP contribution in [0.25, 0.3) is 5.69 Å². The van der Waals surface area contributed by atoms with Gasteiger partial charge < -0.3 is 20.3 Å². The largest absolute Gasteiger partial charge is 0.474 e. The smallest absolute Gasteiger partial charge is 0.226 e. The fourth-order valence-electron chi connectivity index (χ4n) is 3.03. The second-order valence-corrected chi connectivity index (χ2v) is 7.13. The van der Waals surface area contributed by atoms with E-state index in [9.17, 15) is 10.4 Å². The standard InChI is InChI=1S/C21H22N6O3/c1-13-25-20(29-16-3-2-4-16)8-21(26-13)30-19-7-14(9-22)5-6-17(19)27-12-15(11-24-27)18(28)10-23/h5-8,11-12,16,18,28H,2-4,10,23H2,1H3. The van der Waals surface area contributed by atoms with Crippen molar-refractivity contribution in [2.24, 2.45) is 5.73 Å². The molecule has 0 saturated heterocycles. The molecule has 0 aliphatic heterocycles. The molecule has 1 saturated carbocycles. The summed E-state index contributed by atoms with van der Waals surface area (Å²) in [6, 6.07) is 8.74. The highest BCUT2D eigenvalue weighted by Crippen LogP contribution is 2.31. The zero-order valence-corrected chi connectivity index (χ0v) is 16.5. The van der Waals surface area contributed by atoms with Crippen LogP contribution in [0.5, 0.6) is 17.5 Å². The molecule has 1 aliphatic carbocycles. The molecule has 1 aliphatic rings. The minimum atomic E-state index is -0.808. The highest BCUT2D eigenvalue weighted by Gasteiger charge is 2.21. The topological polar surface area (TPSA) is 132 Å². The number of hydrogen-bond acceptors (Lipinski definition) is 8.